The smallest absolute Gasteiger partial charge is 0.107 e. The highest BCUT2D eigenvalue weighted by Crippen LogP contribution is 2.33. The van der Waals surface area contributed by atoms with E-state index in [9.17, 15) is 0 Å². The van der Waals surface area contributed by atoms with Crippen LogP contribution >= 0.6 is 38.9 Å². The number of nitrogens with one attached hydrogen (secondary N) is 1. The topological polar surface area (TPSA) is 12.0 Å². The van der Waals surface area contributed by atoms with E-state index in [4.69, 9.17) is 11.6 Å². The van der Waals surface area contributed by atoms with Crippen molar-refractivity contribution in [1.82, 2.24) is 5.32 Å². The quantitative estimate of drug-likeness (QED) is 0.811. The lowest BCUT2D eigenvalue weighted by atomic mass is 9.80. The summed E-state index contributed by atoms with van der Waals surface area (Å²) in [4.78, 5) is 1.31. The fraction of sp³-hybridized carbons (Fsp3) is 0.692. The lowest BCUT2D eigenvalue weighted by Gasteiger charge is -2.32. The third kappa shape index (κ3) is 3.95. The van der Waals surface area contributed by atoms with Crippen LogP contribution in [0.5, 0.6) is 0 Å². The number of hydrogen-bond donors (Lipinski definition) is 1. The normalized spacial score (nSPS) is 29.5. The van der Waals surface area contributed by atoms with Gasteiger partial charge in [-0.1, -0.05) is 25.4 Å². The van der Waals surface area contributed by atoms with E-state index in [0.717, 1.165) is 27.2 Å². The summed E-state index contributed by atoms with van der Waals surface area (Å²) in [6, 6.07) is 2.80. The van der Waals surface area contributed by atoms with Gasteiger partial charge < -0.3 is 5.32 Å². The van der Waals surface area contributed by atoms with Crippen molar-refractivity contribution in [2.24, 2.45) is 11.8 Å². The van der Waals surface area contributed by atoms with Crippen LogP contribution in [0, 0.1) is 11.8 Å². The minimum atomic E-state index is 0.674. The molecule has 0 radical (unpaired) electrons. The molecule has 1 aromatic heterocycles. The molecule has 1 aliphatic carbocycles. The van der Waals surface area contributed by atoms with E-state index in [2.05, 4.69) is 41.2 Å². The Morgan fingerprint density at radius 1 is 1.35 bits per heavy atom. The van der Waals surface area contributed by atoms with E-state index < -0.39 is 0 Å². The zero-order valence-electron chi connectivity index (χ0n) is 10.3. The summed E-state index contributed by atoms with van der Waals surface area (Å²) in [7, 11) is 0. The SMILES string of the molecule is CC1CC(C)CC(NCc2cc(Br)c(Cl)s2)C1. The number of thiophene rings is 1. The minimum absolute atomic E-state index is 0.674. The van der Waals surface area contributed by atoms with Crippen LogP contribution in [0.2, 0.25) is 4.34 Å². The van der Waals surface area contributed by atoms with Gasteiger partial charge in [0.2, 0.25) is 0 Å². The predicted molar refractivity (Wildman–Crippen MR) is 79.8 cm³/mol. The van der Waals surface area contributed by atoms with Gasteiger partial charge in [-0.25, -0.2) is 0 Å². The first-order valence-electron chi connectivity index (χ1n) is 6.21. The Morgan fingerprint density at radius 3 is 2.53 bits per heavy atom. The summed E-state index contributed by atoms with van der Waals surface area (Å²) in [5.41, 5.74) is 0. The van der Waals surface area contributed by atoms with Crippen molar-refractivity contribution in [2.75, 3.05) is 0 Å². The van der Waals surface area contributed by atoms with E-state index in [1.807, 2.05) is 0 Å². The van der Waals surface area contributed by atoms with Gasteiger partial charge >= 0.3 is 0 Å². The molecule has 0 aromatic carbocycles. The van der Waals surface area contributed by atoms with Crippen molar-refractivity contribution < 1.29 is 0 Å². The maximum atomic E-state index is 6.04. The molecule has 1 nitrogen and oxygen atoms in total. The predicted octanol–water partition coefficient (Wildman–Crippen LogP) is 5.08. The molecule has 4 heteroatoms. The van der Waals surface area contributed by atoms with Crippen molar-refractivity contribution in [1.29, 1.82) is 0 Å². The number of rotatable bonds is 3. The third-order valence-corrected chi connectivity index (χ3v) is 5.91. The summed E-state index contributed by atoms with van der Waals surface area (Å²) in [6.07, 6.45) is 4.00. The molecule has 1 N–H and O–H groups in total. The molecule has 1 aliphatic rings. The van der Waals surface area contributed by atoms with Crippen LogP contribution in [0.1, 0.15) is 38.0 Å². The Hall–Kier alpha value is 0.430. The summed E-state index contributed by atoms with van der Waals surface area (Å²) in [6.45, 7) is 5.67. The Kier molecular flexibility index (Phi) is 4.93. The molecule has 0 bridgehead atoms. The third-order valence-electron chi connectivity index (χ3n) is 3.44. The summed E-state index contributed by atoms with van der Waals surface area (Å²) in [5.74, 6) is 1.71. The van der Waals surface area contributed by atoms with Crippen LogP contribution in [0.3, 0.4) is 0 Å². The van der Waals surface area contributed by atoms with Crippen LogP contribution in [-0.2, 0) is 6.54 Å². The molecule has 0 spiro atoms. The van der Waals surface area contributed by atoms with Crippen LogP contribution in [0.4, 0.5) is 0 Å². The molecule has 0 amide bonds. The highest BCUT2D eigenvalue weighted by Gasteiger charge is 2.23. The molecule has 17 heavy (non-hydrogen) atoms. The highest BCUT2D eigenvalue weighted by molar-refractivity contribution is 9.10. The lowest BCUT2D eigenvalue weighted by molar-refractivity contribution is 0.238. The zero-order chi connectivity index (χ0) is 12.4. The summed E-state index contributed by atoms with van der Waals surface area (Å²) in [5, 5.41) is 3.67. The highest BCUT2D eigenvalue weighted by atomic mass is 79.9. The molecule has 2 unspecified atom stereocenters. The van der Waals surface area contributed by atoms with Crippen LogP contribution in [0.25, 0.3) is 0 Å². The fourth-order valence-electron chi connectivity index (χ4n) is 2.84. The van der Waals surface area contributed by atoms with Crippen molar-refractivity contribution in [2.45, 2.75) is 45.7 Å². The largest absolute Gasteiger partial charge is 0.309 e. The van der Waals surface area contributed by atoms with Gasteiger partial charge in [0.05, 0.1) is 0 Å². The second-order valence-corrected chi connectivity index (χ2v) is 7.92. The molecule has 2 atom stereocenters. The van der Waals surface area contributed by atoms with Crippen molar-refractivity contribution in [3.05, 3.63) is 19.8 Å². The van der Waals surface area contributed by atoms with E-state index in [0.29, 0.717) is 6.04 Å². The standard InChI is InChI=1S/C13H19BrClNS/c1-8-3-9(2)5-10(4-8)16-7-11-6-12(14)13(15)17-11/h6,8-10,16H,3-5,7H2,1-2H3. The zero-order valence-corrected chi connectivity index (χ0v) is 13.5. The molecule has 0 saturated heterocycles. The van der Waals surface area contributed by atoms with Gasteiger partial charge in [0, 0.05) is 21.9 Å². The Balaban J connectivity index is 1.85. The fourth-order valence-corrected chi connectivity index (χ4v) is 4.58. The molecule has 1 aromatic rings. The first-order valence-corrected chi connectivity index (χ1v) is 8.20. The first kappa shape index (κ1) is 13.9. The molecule has 1 saturated carbocycles. The van der Waals surface area contributed by atoms with Crippen molar-refractivity contribution in [3.8, 4) is 0 Å². The maximum Gasteiger partial charge on any atom is 0.107 e. The summed E-state index contributed by atoms with van der Waals surface area (Å²) >= 11 is 11.2. The Labute approximate surface area is 121 Å². The minimum Gasteiger partial charge on any atom is -0.309 e. The van der Waals surface area contributed by atoms with E-state index in [1.165, 1.54) is 24.1 Å². The van der Waals surface area contributed by atoms with E-state index in [-0.39, 0.29) is 0 Å². The molecule has 2 rings (SSSR count). The van der Waals surface area contributed by atoms with Gasteiger partial charge in [0.15, 0.2) is 0 Å². The van der Waals surface area contributed by atoms with Gasteiger partial charge in [-0.05, 0) is 53.1 Å². The number of hydrogen-bond acceptors (Lipinski definition) is 2. The second kappa shape index (κ2) is 6.05. The molecular formula is C13H19BrClNS. The maximum absolute atomic E-state index is 6.04. The van der Waals surface area contributed by atoms with E-state index in [1.54, 1.807) is 11.3 Å². The Bertz CT molecular complexity index is 350. The molecule has 0 aliphatic heterocycles. The molecule has 1 fully saturated rings. The summed E-state index contributed by atoms with van der Waals surface area (Å²) < 4.78 is 1.87. The Morgan fingerprint density at radius 2 is 2.00 bits per heavy atom. The first-order chi connectivity index (χ1) is 8.04. The monoisotopic (exact) mass is 335 g/mol. The van der Waals surface area contributed by atoms with Gasteiger partial charge in [0.25, 0.3) is 0 Å². The van der Waals surface area contributed by atoms with Gasteiger partial charge in [-0.3, -0.25) is 0 Å². The van der Waals surface area contributed by atoms with Crippen molar-refractivity contribution in [3.63, 3.8) is 0 Å². The van der Waals surface area contributed by atoms with Gasteiger partial charge in [-0.15, -0.1) is 11.3 Å². The molecule has 1 heterocycles. The van der Waals surface area contributed by atoms with Crippen LogP contribution in [-0.4, -0.2) is 6.04 Å². The van der Waals surface area contributed by atoms with E-state index >= 15 is 0 Å². The van der Waals surface area contributed by atoms with Crippen molar-refractivity contribution >= 4 is 38.9 Å². The lowest BCUT2D eigenvalue weighted by Crippen LogP contribution is -2.35. The average molecular weight is 337 g/mol. The van der Waals surface area contributed by atoms with Gasteiger partial charge in [0.1, 0.15) is 4.34 Å². The second-order valence-electron chi connectivity index (χ2n) is 5.33. The average Bonchev–Trinajstić information content (AvgIpc) is 2.54. The molecule has 96 valence electrons. The van der Waals surface area contributed by atoms with Crippen LogP contribution in [0.15, 0.2) is 10.5 Å². The van der Waals surface area contributed by atoms with Gasteiger partial charge in [-0.2, -0.15) is 0 Å². The number of halogens is 2. The van der Waals surface area contributed by atoms with Crippen LogP contribution < -0.4 is 5.32 Å². The molecular weight excluding hydrogens is 318 g/mol.